The second-order valence-electron chi connectivity index (χ2n) is 5.02. The highest BCUT2D eigenvalue weighted by Gasteiger charge is 2.19. The predicted molar refractivity (Wildman–Crippen MR) is 84.2 cm³/mol. The summed E-state index contributed by atoms with van der Waals surface area (Å²) in [6.45, 7) is 2.09. The van der Waals surface area contributed by atoms with Crippen LogP contribution in [-0.2, 0) is 6.61 Å². The van der Waals surface area contributed by atoms with E-state index in [1.807, 2.05) is 31.2 Å². The summed E-state index contributed by atoms with van der Waals surface area (Å²) in [5.41, 5.74) is 1.45. The minimum Gasteiger partial charge on any atom is -0.485 e. The van der Waals surface area contributed by atoms with Gasteiger partial charge in [0, 0.05) is 0 Å². The number of carbonyl (C=O) groups is 1. The fraction of sp³-hybridized carbons (Fsp3) is 0.176. The van der Waals surface area contributed by atoms with E-state index >= 15 is 0 Å². The van der Waals surface area contributed by atoms with E-state index in [9.17, 15) is 9.90 Å². The van der Waals surface area contributed by atoms with Gasteiger partial charge in [0.1, 0.15) is 12.4 Å². The van der Waals surface area contributed by atoms with Gasteiger partial charge in [-0.3, -0.25) is 4.40 Å². The smallest absolute Gasteiger partial charge is 0.356 e. The maximum absolute atomic E-state index is 11.4. The number of hydrogen-bond acceptors (Lipinski definition) is 4. The summed E-state index contributed by atoms with van der Waals surface area (Å²) in [4.78, 5) is 15.6. The number of aromatic nitrogens is 2. The lowest BCUT2D eigenvalue weighted by molar-refractivity contribution is 0.0693. The van der Waals surface area contributed by atoms with E-state index in [0.717, 1.165) is 11.3 Å². The zero-order chi connectivity index (χ0) is 16.4. The van der Waals surface area contributed by atoms with E-state index in [1.165, 1.54) is 7.11 Å². The van der Waals surface area contributed by atoms with Crippen molar-refractivity contribution in [2.24, 2.45) is 0 Å². The van der Waals surface area contributed by atoms with Crippen LogP contribution in [0.2, 0.25) is 0 Å². The number of nitrogens with zero attached hydrogens (tertiary/aromatic N) is 2. The minimum atomic E-state index is -1.09. The number of pyridine rings is 1. The van der Waals surface area contributed by atoms with Crippen LogP contribution in [0.15, 0.2) is 42.5 Å². The number of fused-ring (bicyclic) bond motifs is 1. The number of carboxylic acids is 1. The number of benzene rings is 1. The topological polar surface area (TPSA) is 73.1 Å². The number of ether oxygens (including phenoxy) is 2. The third kappa shape index (κ3) is 2.70. The van der Waals surface area contributed by atoms with Crippen molar-refractivity contribution in [1.82, 2.24) is 9.38 Å². The zero-order valence-corrected chi connectivity index (χ0v) is 12.8. The normalized spacial score (nSPS) is 10.7. The fourth-order valence-electron chi connectivity index (χ4n) is 2.45. The van der Waals surface area contributed by atoms with Gasteiger partial charge in [-0.05, 0) is 30.7 Å². The highest BCUT2D eigenvalue weighted by atomic mass is 16.5. The molecule has 2 aromatic heterocycles. The summed E-state index contributed by atoms with van der Waals surface area (Å²) >= 11 is 0. The Hall–Kier alpha value is -3.02. The molecule has 3 aromatic rings. The molecule has 23 heavy (non-hydrogen) atoms. The SMILES string of the molecule is COc1cccc2c(C(=O)O)nc(COc3ccccc3C)n12. The Bertz CT molecular complexity index is 870. The summed E-state index contributed by atoms with van der Waals surface area (Å²) in [5, 5.41) is 9.33. The third-order valence-electron chi connectivity index (χ3n) is 3.56. The molecule has 6 nitrogen and oxygen atoms in total. The first-order chi connectivity index (χ1) is 11.1. The first-order valence-corrected chi connectivity index (χ1v) is 7.08. The van der Waals surface area contributed by atoms with E-state index in [4.69, 9.17) is 9.47 Å². The van der Waals surface area contributed by atoms with Crippen LogP contribution >= 0.6 is 0 Å². The highest BCUT2D eigenvalue weighted by Crippen LogP contribution is 2.23. The van der Waals surface area contributed by atoms with E-state index < -0.39 is 5.97 Å². The third-order valence-corrected chi connectivity index (χ3v) is 3.56. The molecule has 0 saturated heterocycles. The van der Waals surface area contributed by atoms with Crippen molar-refractivity contribution in [3.8, 4) is 11.6 Å². The number of aromatic carboxylic acids is 1. The number of carboxylic acid groups (broad SMARTS) is 1. The van der Waals surface area contributed by atoms with Gasteiger partial charge in [-0.1, -0.05) is 24.3 Å². The van der Waals surface area contributed by atoms with Crippen molar-refractivity contribution in [3.05, 3.63) is 59.5 Å². The molecule has 0 spiro atoms. The molecule has 0 atom stereocenters. The molecule has 2 heterocycles. The highest BCUT2D eigenvalue weighted by molar-refractivity contribution is 5.93. The van der Waals surface area contributed by atoms with Crippen LogP contribution in [0.3, 0.4) is 0 Å². The van der Waals surface area contributed by atoms with Crippen LogP contribution in [0.1, 0.15) is 21.9 Å². The Morgan fingerprint density at radius 1 is 1.22 bits per heavy atom. The molecule has 0 aliphatic rings. The molecule has 0 fully saturated rings. The molecule has 0 unspecified atom stereocenters. The van der Waals surface area contributed by atoms with Gasteiger partial charge >= 0.3 is 5.97 Å². The van der Waals surface area contributed by atoms with Gasteiger partial charge < -0.3 is 14.6 Å². The summed E-state index contributed by atoms with van der Waals surface area (Å²) < 4.78 is 12.8. The zero-order valence-electron chi connectivity index (χ0n) is 12.8. The van der Waals surface area contributed by atoms with E-state index in [0.29, 0.717) is 17.2 Å². The molecule has 0 aliphatic carbocycles. The van der Waals surface area contributed by atoms with Gasteiger partial charge in [0.15, 0.2) is 17.4 Å². The number of rotatable bonds is 5. The van der Waals surface area contributed by atoms with Crippen molar-refractivity contribution in [2.75, 3.05) is 7.11 Å². The average molecular weight is 312 g/mol. The molecule has 0 amide bonds. The lowest BCUT2D eigenvalue weighted by Gasteiger charge is -2.10. The second kappa shape index (κ2) is 6.00. The maximum atomic E-state index is 11.4. The van der Waals surface area contributed by atoms with Gasteiger partial charge in [0.25, 0.3) is 0 Å². The van der Waals surface area contributed by atoms with Crippen molar-refractivity contribution < 1.29 is 19.4 Å². The van der Waals surface area contributed by atoms with Crippen molar-refractivity contribution in [1.29, 1.82) is 0 Å². The second-order valence-corrected chi connectivity index (χ2v) is 5.02. The molecule has 6 heteroatoms. The molecule has 1 aromatic carbocycles. The molecular weight excluding hydrogens is 296 g/mol. The molecule has 3 rings (SSSR count). The fourth-order valence-corrected chi connectivity index (χ4v) is 2.45. The van der Waals surface area contributed by atoms with Crippen LogP contribution in [-0.4, -0.2) is 27.6 Å². The molecule has 118 valence electrons. The van der Waals surface area contributed by atoms with Crippen LogP contribution in [0, 0.1) is 6.92 Å². The number of imidazole rings is 1. The molecule has 0 bridgehead atoms. The summed E-state index contributed by atoms with van der Waals surface area (Å²) in [6, 6.07) is 12.8. The number of para-hydroxylation sites is 1. The molecule has 1 N–H and O–H groups in total. The van der Waals surface area contributed by atoms with Crippen molar-refractivity contribution in [2.45, 2.75) is 13.5 Å². The van der Waals surface area contributed by atoms with E-state index in [1.54, 1.807) is 22.6 Å². The Labute approximate surface area is 132 Å². The largest absolute Gasteiger partial charge is 0.485 e. The van der Waals surface area contributed by atoms with E-state index in [-0.39, 0.29) is 12.3 Å². The van der Waals surface area contributed by atoms with E-state index in [2.05, 4.69) is 4.98 Å². The lowest BCUT2D eigenvalue weighted by Crippen LogP contribution is -2.04. The van der Waals surface area contributed by atoms with Crippen molar-refractivity contribution in [3.63, 3.8) is 0 Å². The number of methoxy groups -OCH3 is 1. The quantitative estimate of drug-likeness (QED) is 0.784. The monoisotopic (exact) mass is 312 g/mol. The van der Waals surface area contributed by atoms with Gasteiger partial charge in [0.05, 0.1) is 12.6 Å². The summed E-state index contributed by atoms with van der Waals surface area (Å²) in [6.07, 6.45) is 0. The average Bonchev–Trinajstić information content (AvgIpc) is 2.93. The van der Waals surface area contributed by atoms with Crippen LogP contribution < -0.4 is 9.47 Å². The van der Waals surface area contributed by atoms with Crippen LogP contribution in [0.5, 0.6) is 11.6 Å². The van der Waals surface area contributed by atoms with Crippen LogP contribution in [0.25, 0.3) is 5.52 Å². The Kier molecular flexibility index (Phi) is 3.89. The lowest BCUT2D eigenvalue weighted by atomic mass is 10.2. The first-order valence-electron chi connectivity index (χ1n) is 7.08. The van der Waals surface area contributed by atoms with Crippen molar-refractivity contribution >= 4 is 11.5 Å². The summed E-state index contributed by atoms with van der Waals surface area (Å²) in [5.74, 6) is 0.623. The number of aryl methyl sites for hydroxylation is 1. The van der Waals surface area contributed by atoms with Gasteiger partial charge in [-0.2, -0.15) is 0 Å². The summed E-state index contributed by atoms with van der Waals surface area (Å²) in [7, 11) is 1.53. The van der Waals surface area contributed by atoms with Gasteiger partial charge in [0.2, 0.25) is 0 Å². The molecule has 0 aliphatic heterocycles. The Balaban J connectivity index is 2.03. The van der Waals surface area contributed by atoms with Gasteiger partial charge in [-0.25, -0.2) is 9.78 Å². The molecular formula is C17H16N2O4. The Morgan fingerprint density at radius 3 is 2.70 bits per heavy atom. The molecule has 0 radical (unpaired) electrons. The Morgan fingerprint density at radius 2 is 2.00 bits per heavy atom. The minimum absolute atomic E-state index is 0.0210. The predicted octanol–water partition coefficient (Wildman–Crippen LogP) is 2.93. The maximum Gasteiger partial charge on any atom is 0.356 e. The van der Waals surface area contributed by atoms with Crippen LogP contribution in [0.4, 0.5) is 0 Å². The standard InChI is InChI=1S/C17H16N2O4/c1-11-6-3-4-8-13(11)23-10-14-18-16(17(20)21)12-7-5-9-15(22-2)19(12)14/h3-9H,10H2,1-2H3,(H,20,21). The van der Waals surface area contributed by atoms with Gasteiger partial charge in [-0.15, -0.1) is 0 Å². The number of hydrogen-bond donors (Lipinski definition) is 1. The molecule has 0 saturated carbocycles. The first kappa shape index (κ1) is 14.9.